The molecule has 12 amide bonds. The Balaban J connectivity index is 1.56. The smallest absolute Gasteiger partial charge is 0.350 e. The first-order chi connectivity index (χ1) is 46.9. The molecule has 528 valence electrons. The Bertz CT molecular complexity index is 3730. The molecule has 34 nitrogen and oxygen atoms in total. The van der Waals surface area contributed by atoms with E-state index in [9.17, 15) is 58.5 Å². The number of aromatic hydroxyl groups is 2. The van der Waals surface area contributed by atoms with Crippen LogP contribution in [0.4, 0.5) is 0 Å². The van der Waals surface area contributed by atoms with Crippen LogP contribution in [-0.2, 0) is 94.4 Å². The summed E-state index contributed by atoms with van der Waals surface area (Å²) in [7, 11) is 0. The van der Waals surface area contributed by atoms with E-state index in [2.05, 4.69) is 62.8 Å². The number of carboxylic acids is 1. The minimum atomic E-state index is -3.17. The quantitative estimate of drug-likeness (QED) is 0.0187. The SMILES string of the molecule is C[C@@H]1NC(=O)[C@H](CC(N)=O)NC(=O)[C@H](C)NC(=O)[C@H](CCCN=C(N)N)NC(=O)[C@@H](Cc2ccccc2)NC(=O)[C@H](Cc2c[nH]cn2)NC(=O)[C@@H](NC(=O)[C@@H](N)Cc2ccc(O)cc2)CC(=O)N([C@@H](Cc2ccc(O)cc2)C(N)=O)[C@@](C)(C(=O)O)NC(=O)[C@H](Cc2ccccc2)NC1=O. The van der Waals surface area contributed by atoms with Crippen molar-refractivity contribution < 1.29 is 77.6 Å². The summed E-state index contributed by atoms with van der Waals surface area (Å²) >= 11 is 0. The maximum absolute atomic E-state index is 15.7. The van der Waals surface area contributed by atoms with Crippen LogP contribution in [0.3, 0.4) is 0 Å². The van der Waals surface area contributed by atoms with Crippen LogP contribution in [0, 0.1) is 0 Å². The van der Waals surface area contributed by atoms with Gasteiger partial charge in [0.15, 0.2) is 5.96 Å². The Morgan fingerprint density at radius 2 is 1.06 bits per heavy atom. The topological polar surface area (TPSA) is 565 Å². The van der Waals surface area contributed by atoms with E-state index in [1.807, 2.05) is 0 Å². The maximum atomic E-state index is 15.7. The number of carbonyl (C=O) groups is 13. The molecule has 5 aromatic rings. The molecular weight excluding hydrogens is 1290 g/mol. The molecule has 34 heteroatoms. The van der Waals surface area contributed by atoms with Gasteiger partial charge in [-0.15, -0.1) is 0 Å². The van der Waals surface area contributed by atoms with Gasteiger partial charge in [0.2, 0.25) is 76.5 Å². The molecule has 2 heterocycles. The highest BCUT2D eigenvalue weighted by molar-refractivity contribution is 6.02. The Morgan fingerprint density at radius 1 is 0.596 bits per heavy atom. The molecule has 99 heavy (non-hydrogen) atoms. The Hall–Kier alpha value is -12.0. The fraction of sp³-hybridized carbons (Fsp3) is 0.369. The van der Waals surface area contributed by atoms with Crippen LogP contribution in [0.25, 0.3) is 0 Å². The largest absolute Gasteiger partial charge is 0.508 e. The van der Waals surface area contributed by atoms with Gasteiger partial charge >= 0.3 is 5.97 Å². The molecular formula is C65H82N18O16. The minimum Gasteiger partial charge on any atom is -0.508 e. The Morgan fingerprint density at radius 3 is 1.56 bits per heavy atom. The number of rotatable bonds is 21. The number of imidazole rings is 1. The maximum Gasteiger partial charge on any atom is 0.350 e. The number of aromatic amines is 1. The zero-order chi connectivity index (χ0) is 72.7. The standard InChI is InChI=1S/C65H82N18O16/c1-34-55(90)78-48(30-51(67)86)58(93)75-35(2)54(89)77-46(27-37-13-8-5-9-14-37)62(97)82-65(3,63(98)99)83(50(53(68)88)28-39-18-22-42(85)23-19-39)52(87)31-49(79-56(91)43(66)25-38-16-20-41(84)21-17-38)61(96)81-47(29-40-32-71-33-73-40)60(95)80-45(26-36-11-6-4-7-12-36)59(94)76-44(57(92)74-34)15-10-24-72-64(69)70/h4-9,11-14,16-23,32-35,43-50,84-85H,10,15,24-31,66H2,1-3H3,(H2,67,86)(H2,68,88)(H,71,73)(H,74,92)(H,75,93)(H,76,94)(H,77,89)(H,78,90)(H,79,91)(H,80,95)(H,81,96)(H,82,97)(H,98,99)(H4,69,70,72)/t34-,35-,43-,44-,45+,46-,47-,48-,49-,50-,65-/m0/s1. The summed E-state index contributed by atoms with van der Waals surface area (Å²) in [5.41, 5.74) is 27.4. The number of guanidine groups is 1. The van der Waals surface area contributed by atoms with Crippen molar-refractivity contribution in [3.05, 3.63) is 150 Å². The number of H-pyrrole nitrogens is 1. The van der Waals surface area contributed by atoms with Crippen molar-refractivity contribution in [2.45, 2.75) is 145 Å². The first-order valence-electron chi connectivity index (χ1n) is 31.2. The fourth-order valence-corrected chi connectivity index (χ4v) is 10.5. The van der Waals surface area contributed by atoms with Gasteiger partial charge in [-0.2, -0.15) is 0 Å². The predicted molar refractivity (Wildman–Crippen MR) is 353 cm³/mol. The molecule has 0 unspecified atom stereocenters. The molecule has 1 aromatic heterocycles. The molecule has 1 saturated heterocycles. The van der Waals surface area contributed by atoms with Crippen LogP contribution >= 0.6 is 0 Å². The number of hydrogen-bond donors (Lipinski definition) is 18. The van der Waals surface area contributed by atoms with Gasteiger partial charge < -0.3 is 96.8 Å². The predicted octanol–water partition coefficient (Wildman–Crippen LogP) is -4.49. The third kappa shape index (κ3) is 22.9. The molecule has 1 fully saturated rings. The van der Waals surface area contributed by atoms with E-state index in [0.29, 0.717) is 21.6 Å². The number of aromatic nitrogens is 2. The summed E-state index contributed by atoms with van der Waals surface area (Å²) in [5, 5.41) is 53.6. The second-order valence-electron chi connectivity index (χ2n) is 23.7. The average molecular weight is 1370 g/mol. The molecule has 6 rings (SSSR count). The first-order valence-corrected chi connectivity index (χ1v) is 31.2. The number of benzene rings is 4. The number of amides is 12. The van der Waals surface area contributed by atoms with E-state index in [4.69, 9.17) is 28.7 Å². The van der Waals surface area contributed by atoms with Crippen molar-refractivity contribution in [2.75, 3.05) is 6.54 Å². The fourth-order valence-electron chi connectivity index (χ4n) is 10.5. The highest BCUT2D eigenvalue weighted by Gasteiger charge is 2.51. The third-order valence-electron chi connectivity index (χ3n) is 15.8. The molecule has 0 radical (unpaired) electrons. The number of aliphatic carboxylic acids is 1. The summed E-state index contributed by atoms with van der Waals surface area (Å²) in [5.74, 6) is -17.2. The molecule has 0 saturated carbocycles. The number of phenols is 2. The van der Waals surface area contributed by atoms with Crippen LogP contribution in [-0.4, -0.2) is 186 Å². The number of primary amides is 2. The Labute approximate surface area is 567 Å². The minimum absolute atomic E-state index is 0.0193. The third-order valence-corrected chi connectivity index (χ3v) is 15.8. The number of carboxylic acid groups (broad SMARTS) is 1. The van der Waals surface area contributed by atoms with Gasteiger partial charge in [-0.1, -0.05) is 84.9 Å². The lowest BCUT2D eigenvalue weighted by Crippen LogP contribution is -2.72. The number of hydrogen-bond acceptors (Lipinski definition) is 18. The van der Waals surface area contributed by atoms with E-state index in [0.717, 1.165) is 13.8 Å². The molecule has 23 N–H and O–H groups in total. The molecule has 1 aliphatic rings. The van der Waals surface area contributed by atoms with Gasteiger partial charge in [0, 0.05) is 38.4 Å². The monoisotopic (exact) mass is 1370 g/mol. The number of nitrogens with zero attached hydrogens (tertiary/aromatic N) is 3. The zero-order valence-corrected chi connectivity index (χ0v) is 54.3. The van der Waals surface area contributed by atoms with E-state index in [1.54, 1.807) is 48.5 Å². The van der Waals surface area contributed by atoms with Gasteiger partial charge in [-0.25, -0.2) is 9.78 Å². The number of aliphatic imine (C=N–C) groups is 1. The van der Waals surface area contributed by atoms with Crippen molar-refractivity contribution in [1.29, 1.82) is 0 Å². The van der Waals surface area contributed by atoms with Crippen LogP contribution in [0.15, 0.2) is 127 Å². The number of nitrogens with two attached hydrogens (primary N) is 5. The van der Waals surface area contributed by atoms with Gasteiger partial charge in [-0.05, 0) is 86.6 Å². The summed E-state index contributed by atoms with van der Waals surface area (Å²) in [6.07, 6.45) is -2.01. The van der Waals surface area contributed by atoms with Gasteiger partial charge in [-0.3, -0.25) is 67.4 Å². The summed E-state index contributed by atoms with van der Waals surface area (Å²) in [6.45, 7) is 3.04. The number of nitrogens with one attached hydrogen (secondary N) is 10. The van der Waals surface area contributed by atoms with Gasteiger partial charge in [0.05, 0.1) is 30.9 Å². The van der Waals surface area contributed by atoms with Crippen LogP contribution in [0.5, 0.6) is 11.5 Å². The second-order valence-corrected chi connectivity index (χ2v) is 23.7. The normalized spacial score (nSPS) is 22.7. The average Bonchev–Trinajstić information content (AvgIpc) is 0.780. The first kappa shape index (κ1) is 76.1. The molecule has 0 aliphatic carbocycles. The van der Waals surface area contributed by atoms with Crippen LogP contribution < -0.4 is 76.5 Å². The summed E-state index contributed by atoms with van der Waals surface area (Å²) in [6, 6.07) is 8.60. The highest BCUT2D eigenvalue weighted by atomic mass is 16.4. The van der Waals surface area contributed by atoms with Crippen molar-refractivity contribution >= 4 is 82.8 Å². The van der Waals surface area contributed by atoms with Crippen molar-refractivity contribution in [3.63, 3.8) is 0 Å². The summed E-state index contributed by atoms with van der Waals surface area (Å²) in [4.78, 5) is 199. The van der Waals surface area contributed by atoms with Crippen molar-refractivity contribution in [3.8, 4) is 11.5 Å². The highest BCUT2D eigenvalue weighted by Crippen LogP contribution is 2.25. The lowest BCUT2D eigenvalue weighted by Gasteiger charge is -2.43. The van der Waals surface area contributed by atoms with Gasteiger partial charge in [0.25, 0.3) is 0 Å². The van der Waals surface area contributed by atoms with Crippen LogP contribution in [0.2, 0.25) is 0 Å². The lowest BCUT2D eigenvalue weighted by molar-refractivity contribution is -0.168. The van der Waals surface area contributed by atoms with E-state index >= 15 is 19.2 Å². The number of carbonyl (C=O) groups excluding carboxylic acids is 12. The van der Waals surface area contributed by atoms with Crippen LogP contribution in [0.1, 0.15) is 74.4 Å². The molecule has 0 bridgehead atoms. The Kier molecular flexibility index (Phi) is 27.4. The second kappa shape index (κ2) is 35.7. The molecule has 1 aliphatic heterocycles. The van der Waals surface area contributed by atoms with E-state index in [1.165, 1.54) is 80.1 Å². The van der Waals surface area contributed by atoms with Crippen molar-refractivity contribution in [1.82, 2.24) is 62.7 Å². The zero-order valence-electron chi connectivity index (χ0n) is 54.3. The lowest BCUT2D eigenvalue weighted by atomic mass is 9.97. The van der Waals surface area contributed by atoms with E-state index < -0.39 is 175 Å². The number of phenolic OH excluding ortho intramolecular Hbond substituents is 2. The van der Waals surface area contributed by atoms with E-state index in [-0.39, 0.29) is 60.9 Å². The molecule has 0 spiro atoms. The van der Waals surface area contributed by atoms with Gasteiger partial charge in [0.1, 0.15) is 65.9 Å². The molecule has 4 aromatic carbocycles. The summed E-state index contributed by atoms with van der Waals surface area (Å²) < 4.78 is 0. The molecule has 11 atom stereocenters. The van der Waals surface area contributed by atoms with Crippen molar-refractivity contribution in [2.24, 2.45) is 33.7 Å².